The minimum absolute atomic E-state index is 0.0681. The van der Waals surface area contributed by atoms with Gasteiger partial charge < -0.3 is 15.7 Å². The van der Waals surface area contributed by atoms with Gasteiger partial charge in [0.1, 0.15) is 17.4 Å². The van der Waals surface area contributed by atoms with Crippen LogP contribution in [0.2, 0.25) is 0 Å². The summed E-state index contributed by atoms with van der Waals surface area (Å²) in [5.74, 6) is -0.128. The van der Waals surface area contributed by atoms with E-state index < -0.39 is 0 Å². The first kappa shape index (κ1) is 21.8. The molecule has 0 bridgehead atoms. The van der Waals surface area contributed by atoms with E-state index in [0.29, 0.717) is 0 Å². The molecule has 1 aliphatic rings. The third-order valence-electron chi connectivity index (χ3n) is 5.39. The summed E-state index contributed by atoms with van der Waals surface area (Å²) in [6, 6.07) is 7.06. The van der Waals surface area contributed by atoms with Crippen molar-refractivity contribution in [2.75, 3.05) is 5.32 Å². The van der Waals surface area contributed by atoms with E-state index in [1.54, 1.807) is 18.2 Å². The molecule has 0 unspecified atom stereocenters. The number of hydrogen-bond donors (Lipinski definition) is 3. The van der Waals surface area contributed by atoms with Crippen LogP contribution < -0.4 is 10.6 Å². The Balaban J connectivity index is 1.94. The van der Waals surface area contributed by atoms with E-state index in [-0.39, 0.29) is 23.3 Å². The van der Waals surface area contributed by atoms with Crippen LogP contribution in [0, 0.1) is 18.3 Å². The highest BCUT2D eigenvalue weighted by molar-refractivity contribution is 5.97. The SMILES string of the molecule is Cc1cc(O)ccc1N/C=C(/C#N)C(=O)NC1CCCCCCCCCCC1. The van der Waals surface area contributed by atoms with Crippen molar-refractivity contribution in [2.45, 2.75) is 83.6 Å². The number of phenolic OH excluding ortho intramolecular Hbond substituents is 1. The van der Waals surface area contributed by atoms with Crippen LogP contribution in [0.3, 0.4) is 0 Å². The smallest absolute Gasteiger partial charge is 0.263 e. The van der Waals surface area contributed by atoms with Crippen molar-refractivity contribution in [1.82, 2.24) is 5.32 Å². The highest BCUT2D eigenvalue weighted by Crippen LogP contribution is 2.20. The van der Waals surface area contributed by atoms with Crippen LogP contribution in [0.15, 0.2) is 30.0 Å². The lowest BCUT2D eigenvalue weighted by atomic mass is 9.98. The molecule has 1 aliphatic carbocycles. The summed E-state index contributed by atoms with van der Waals surface area (Å²) in [5.41, 5.74) is 1.66. The van der Waals surface area contributed by atoms with Crippen molar-refractivity contribution in [3.05, 3.63) is 35.5 Å². The Morgan fingerprint density at radius 3 is 2.18 bits per heavy atom. The first-order valence-electron chi connectivity index (χ1n) is 10.6. The summed E-state index contributed by atoms with van der Waals surface area (Å²) < 4.78 is 0. The largest absolute Gasteiger partial charge is 0.508 e. The molecule has 5 heteroatoms. The fourth-order valence-corrected chi connectivity index (χ4v) is 3.68. The molecule has 0 aromatic heterocycles. The Kier molecular flexibility index (Phi) is 9.41. The lowest BCUT2D eigenvalue weighted by molar-refractivity contribution is -0.117. The fourth-order valence-electron chi connectivity index (χ4n) is 3.68. The van der Waals surface area contributed by atoms with Gasteiger partial charge in [0.2, 0.25) is 0 Å². The maximum Gasteiger partial charge on any atom is 0.263 e. The number of phenols is 1. The summed E-state index contributed by atoms with van der Waals surface area (Å²) in [5, 5.41) is 25.0. The normalized spacial score (nSPS) is 17.6. The Labute approximate surface area is 168 Å². The summed E-state index contributed by atoms with van der Waals surface area (Å²) >= 11 is 0. The predicted octanol–water partition coefficient (Wildman–Crippen LogP) is 5.31. The maximum atomic E-state index is 12.6. The van der Waals surface area contributed by atoms with Crippen LogP contribution in [0.25, 0.3) is 0 Å². The fraction of sp³-hybridized carbons (Fsp3) is 0.565. The predicted molar refractivity (Wildman–Crippen MR) is 113 cm³/mol. The van der Waals surface area contributed by atoms with Crippen molar-refractivity contribution >= 4 is 11.6 Å². The van der Waals surface area contributed by atoms with Crippen molar-refractivity contribution in [3.8, 4) is 11.8 Å². The highest BCUT2D eigenvalue weighted by Gasteiger charge is 2.16. The van der Waals surface area contributed by atoms with Gasteiger partial charge in [-0.15, -0.1) is 0 Å². The van der Waals surface area contributed by atoms with E-state index in [9.17, 15) is 15.2 Å². The molecule has 0 radical (unpaired) electrons. The number of hydrogen-bond acceptors (Lipinski definition) is 4. The van der Waals surface area contributed by atoms with Crippen LogP contribution in [0.1, 0.15) is 76.2 Å². The van der Waals surface area contributed by atoms with E-state index in [4.69, 9.17) is 0 Å². The molecule has 1 aromatic carbocycles. The minimum Gasteiger partial charge on any atom is -0.508 e. The van der Waals surface area contributed by atoms with E-state index in [2.05, 4.69) is 10.6 Å². The zero-order valence-electron chi connectivity index (χ0n) is 17.0. The number of anilines is 1. The Morgan fingerprint density at radius 1 is 1.07 bits per heavy atom. The van der Waals surface area contributed by atoms with E-state index in [1.165, 1.54) is 51.1 Å². The lowest BCUT2D eigenvalue weighted by Gasteiger charge is -2.19. The molecule has 1 amide bonds. The summed E-state index contributed by atoms with van der Waals surface area (Å²) in [7, 11) is 0. The zero-order chi connectivity index (χ0) is 20.2. The number of nitrogens with zero attached hydrogens (tertiary/aromatic N) is 1. The standard InChI is InChI=1S/C23H33N3O2/c1-18-15-21(27)13-14-22(18)25-17-19(16-24)23(28)26-20-11-9-7-5-3-2-4-6-8-10-12-20/h13-15,17,20,25,27H,2-12H2,1H3,(H,26,28)/b19-17-. The molecule has 0 heterocycles. The van der Waals surface area contributed by atoms with Gasteiger partial charge in [-0.2, -0.15) is 5.26 Å². The Bertz CT molecular complexity index is 694. The maximum absolute atomic E-state index is 12.6. The number of amides is 1. The Morgan fingerprint density at radius 2 is 1.64 bits per heavy atom. The van der Waals surface area contributed by atoms with Gasteiger partial charge >= 0.3 is 0 Å². The quantitative estimate of drug-likeness (QED) is 0.374. The number of aromatic hydroxyl groups is 1. The number of carbonyl (C=O) groups excluding carboxylic acids is 1. The average molecular weight is 384 g/mol. The monoisotopic (exact) mass is 383 g/mol. The Hall–Kier alpha value is -2.48. The second-order valence-electron chi connectivity index (χ2n) is 7.74. The van der Waals surface area contributed by atoms with Crippen molar-refractivity contribution < 1.29 is 9.90 Å². The van der Waals surface area contributed by atoms with Gasteiger partial charge in [0.05, 0.1) is 0 Å². The molecule has 0 saturated heterocycles. The lowest BCUT2D eigenvalue weighted by Crippen LogP contribution is -2.35. The van der Waals surface area contributed by atoms with Gasteiger partial charge in [0.15, 0.2) is 0 Å². The summed E-state index contributed by atoms with van der Waals surface area (Å²) in [4.78, 5) is 12.6. The van der Waals surface area contributed by atoms with Crippen LogP contribution in [0.5, 0.6) is 5.75 Å². The van der Waals surface area contributed by atoms with Crippen molar-refractivity contribution in [3.63, 3.8) is 0 Å². The van der Waals surface area contributed by atoms with E-state index in [1.807, 2.05) is 13.0 Å². The second-order valence-corrected chi connectivity index (χ2v) is 7.74. The molecule has 3 N–H and O–H groups in total. The number of carbonyl (C=O) groups is 1. The number of aryl methyl sites for hydroxylation is 1. The number of benzene rings is 1. The summed E-state index contributed by atoms with van der Waals surface area (Å²) in [6.07, 6.45) is 14.6. The molecule has 0 atom stereocenters. The van der Waals surface area contributed by atoms with Gasteiger partial charge in [-0.05, 0) is 43.5 Å². The van der Waals surface area contributed by atoms with Gasteiger partial charge in [-0.1, -0.05) is 57.8 Å². The average Bonchev–Trinajstić information content (AvgIpc) is 2.66. The van der Waals surface area contributed by atoms with Crippen LogP contribution in [-0.4, -0.2) is 17.1 Å². The van der Waals surface area contributed by atoms with E-state index in [0.717, 1.165) is 36.9 Å². The van der Waals surface area contributed by atoms with Crippen molar-refractivity contribution in [2.24, 2.45) is 0 Å². The molecule has 1 saturated carbocycles. The molecule has 2 rings (SSSR count). The summed E-state index contributed by atoms with van der Waals surface area (Å²) in [6.45, 7) is 1.85. The van der Waals surface area contributed by atoms with Crippen molar-refractivity contribution in [1.29, 1.82) is 5.26 Å². The molecular formula is C23H33N3O2. The third kappa shape index (κ3) is 7.64. The van der Waals surface area contributed by atoms with Crippen LogP contribution in [-0.2, 0) is 4.79 Å². The van der Waals surface area contributed by atoms with Gasteiger partial charge in [-0.3, -0.25) is 4.79 Å². The molecule has 1 aromatic rings. The molecule has 152 valence electrons. The molecule has 0 aliphatic heterocycles. The molecule has 5 nitrogen and oxygen atoms in total. The number of nitrogens with one attached hydrogen (secondary N) is 2. The number of rotatable bonds is 4. The molecule has 28 heavy (non-hydrogen) atoms. The van der Waals surface area contributed by atoms with Crippen LogP contribution >= 0.6 is 0 Å². The highest BCUT2D eigenvalue weighted by atomic mass is 16.3. The third-order valence-corrected chi connectivity index (χ3v) is 5.39. The molecule has 1 fully saturated rings. The van der Waals surface area contributed by atoms with Gasteiger partial charge in [0.25, 0.3) is 5.91 Å². The van der Waals surface area contributed by atoms with Crippen LogP contribution in [0.4, 0.5) is 5.69 Å². The van der Waals surface area contributed by atoms with Gasteiger partial charge in [-0.25, -0.2) is 0 Å². The number of nitriles is 1. The first-order valence-corrected chi connectivity index (χ1v) is 10.6. The molecule has 0 spiro atoms. The van der Waals surface area contributed by atoms with Gasteiger partial charge in [0, 0.05) is 17.9 Å². The zero-order valence-corrected chi connectivity index (χ0v) is 17.0. The molecular weight excluding hydrogens is 350 g/mol. The van der Waals surface area contributed by atoms with E-state index >= 15 is 0 Å². The first-order chi connectivity index (χ1) is 13.6. The minimum atomic E-state index is -0.316. The topological polar surface area (TPSA) is 85.2 Å². The second kappa shape index (κ2) is 12.1.